The maximum Gasteiger partial charge on any atom is 0.325 e. The number of nitrogens with two attached hydrogens (primary N) is 1. The number of carbonyl (C=O) groups is 4. The molecule has 2 atom stereocenters. The molecule has 1 aromatic heterocycles. The van der Waals surface area contributed by atoms with Crippen LogP contribution in [0.1, 0.15) is 63.0 Å². The van der Waals surface area contributed by atoms with E-state index in [0.29, 0.717) is 60.1 Å². The summed E-state index contributed by atoms with van der Waals surface area (Å²) in [5, 5.41) is 8.93. The number of hydrogen-bond donors (Lipinski definition) is 5. The van der Waals surface area contributed by atoms with Gasteiger partial charge in [0.2, 0.25) is 27.8 Å². The van der Waals surface area contributed by atoms with Crippen molar-refractivity contribution < 1.29 is 37.1 Å². The number of aryl methyl sites for hydroxylation is 2. The third-order valence-corrected chi connectivity index (χ3v) is 13.9. The Hall–Kier alpha value is -7.34. The summed E-state index contributed by atoms with van der Waals surface area (Å²) < 4.78 is 43.0. The average Bonchev–Trinajstić information content (AvgIpc) is 3.83. The molecule has 360 valence electrons. The van der Waals surface area contributed by atoms with Gasteiger partial charge in [0.15, 0.2) is 5.78 Å². The molecule has 16 nitrogen and oxygen atoms in total. The average molecular weight is 955 g/mol. The fraction of sp³-hybridized carbons (Fsp3) is 0.288. The lowest BCUT2D eigenvalue weighted by Crippen LogP contribution is -2.54. The van der Waals surface area contributed by atoms with Gasteiger partial charge in [0.05, 0.1) is 18.6 Å². The van der Waals surface area contributed by atoms with Crippen molar-refractivity contribution in [1.82, 2.24) is 24.9 Å². The summed E-state index contributed by atoms with van der Waals surface area (Å²) in [6.07, 6.45) is 4.26. The number of fused-ring (bicyclic) bond motifs is 1. The number of hydrogen-bond acceptors (Lipinski definition) is 12. The third kappa shape index (κ3) is 11.0. The summed E-state index contributed by atoms with van der Waals surface area (Å²) in [4.78, 5) is 58.8. The molecule has 0 spiro atoms. The van der Waals surface area contributed by atoms with Crippen molar-refractivity contribution in [2.45, 2.75) is 62.2 Å². The van der Waals surface area contributed by atoms with Crippen LogP contribution in [0.2, 0.25) is 0 Å². The summed E-state index contributed by atoms with van der Waals surface area (Å²) in [6.45, 7) is 4.02. The van der Waals surface area contributed by atoms with E-state index in [0.717, 1.165) is 29.4 Å². The lowest BCUT2D eigenvalue weighted by Gasteiger charge is -2.38. The Morgan fingerprint density at radius 2 is 1.48 bits per heavy atom. The number of anilines is 2. The standard InChI is InChI=1S/C52H58N8O8S/c1-35-29-41(68-28-14-21-47(62)54-25-24-53)30-36(2)48(35)69(65,66)58-43(50(64)67-4)34-56-49(63)45-32-46(61)42-23-22-37(31-44(42)59(45)3)33-57-51-55-26-27-60(51)52(38-15-8-5-9-16-38,39-17-10-6-11-18-39)40-19-12-7-13-20-40/h5-13,15-20,22-23,26-27,29-31,43,45,58H,14,21,24-25,28,32-34,53H2,1-4H3,(H,54,62)(H,55,57)(H,56,63)/t43-,45?/m0/s1. The van der Waals surface area contributed by atoms with Crippen molar-refractivity contribution in [3.63, 3.8) is 0 Å². The lowest BCUT2D eigenvalue weighted by molar-refractivity contribution is -0.142. The predicted molar refractivity (Wildman–Crippen MR) is 264 cm³/mol. The van der Waals surface area contributed by atoms with Gasteiger partial charge in [-0.2, -0.15) is 4.72 Å². The number of rotatable bonds is 21. The third-order valence-electron chi connectivity index (χ3n) is 12.2. The summed E-state index contributed by atoms with van der Waals surface area (Å²) in [6, 6.07) is 36.9. The van der Waals surface area contributed by atoms with Crippen molar-refractivity contribution in [1.29, 1.82) is 0 Å². The number of amides is 2. The fourth-order valence-corrected chi connectivity index (χ4v) is 10.6. The van der Waals surface area contributed by atoms with E-state index in [2.05, 4.69) is 61.6 Å². The van der Waals surface area contributed by atoms with Gasteiger partial charge in [0, 0.05) is 69.7 Å². The molecule has 0 saturated heterocycles. The van der Waals surface area contributed by atoms with Gasteiger partial charge in [-0.1, -0.05) is 97.1 Å². The van der Waals surface area contributed by atoms with Gasteiger partial charge in [-0.3, -0.25) is 23.7 Å². The lowest BCUT2D eigenvalue weighted by atomic mass is 9.76. The van der Waals surface area contributed by atoms with Crippen LogP contribution in [0.25, 0.3) is 0 Å². The number of likely N-dealkylation sites (N-methyl/N-ethyl adjacent to an activating group) is 1. The molecule has 17 heteroatoms. The molecule has 0 bridgehead atoms. The number of carbonyl (C=O) groups excluding carboxylic acids is 4. The molecule has 0 saturated carbocycles. The Labute approximate surface area is 402 Å². The monoisotopic (exact) mass is 954 g/mol. The zero-order valence-electron chi connectivity index (χ0n) is 39.1. The van der Waals surface area contributed by atoms with Crippen LogP contribution in [0.3, 0.4) is 0 Å². The Kier molecular flexibility index (Phi) is 15.9. The number of imidazole rings is 1. The van der Waals surface area contributed by atoms with Crippen LogP contribution in [-0.2, 0) is 41.2 Å². The van der Waals surface area contributed by atoms with Crippen LogP contribution in [-0.4, -0.2) is 94.0 Å². The number of ether oxygens (including phenoxy) is 2. The van der Waals surface area contributed by atoms with Crippen LogP contribution in [0.4, 0.5) is 11.6 Å². The largest absolute Gasteiger partial charge is 0.494 e. The highest BCUT2D eigenvalue weighted by Crippen LogP contribution is 2.42. The van der Waals surface area contributed by atoms with E-state index in [9.17, 15) is 27.6 Å². The van der Waals surface area contributed by atoms with Crippen LogP contribution in [0, 0.1) is 13.8 Å². The van der Waals surface area contributed by atoms with E-state index >= 15 is 0 Å². The Balaban J connectivity index is 1.04. The van der Waals surface area contributed by atoms with E-state index in [4.69, 9.17) is 20.2 Å². The highest BCUT2D eigenvalue weighted by molar-refractivity contribution is 7.89. The van der Waals surface area contributed by atoms with Crippen LogP contribution in [0.5, 0.6) is 5.75 Å². The van der Waals surface area contributed by atoms with E-state index in [1.54, 1.807) is 50.2 Å². The number of ketones is 1. The van der Waals surface area contributed by atoms with Crippen molar-refractivity contribution in [3.8, 4) is 5.75 Å². The van der Waals surface area contributed by atoms with E-state index in [-0.39, 0.29) is 36.0 Å². The van der Waals surface area contributed by atoms with Gasteiger partial charge in [-0.25, -0.2) is 13.4 Å². The molecule has 7 rings (SSSR count). The minimum absolute atomic E-state index is 0.0670. The molecule has 0 fully saturated rings. The fourth-order valence-electron chi connectivity index (χ4n) is 8.94. The number of methoxy groups -OCH3 is 1. The van der Waals surface area contributed by atoms with E-state index in [1.807, 2.05) is 72.9 Å². The maximum absolute atomic E-state index is 13.9. The first kappa shape index (κ1) is 49.6. The summed E-state index contributed by atoms with van der Waals surface area (Å²) in [5.74, 6) is -0.869. The SMILES string of the molecule is COC(=O)[C@H](CNC(=O)C1CC(=O)c2ccc(CNc3nccn3C(c3ccccc3)(c3ccccc3)c3ccccc3)cc2N1C)NS(=O)(=O)c1c(C)cc(OCCCC(=O)NCCN)cc1C. The summed E-state index contributed by atoms with van der Waals surface area (Å²) >= 11 is 0. The molecule has 2 heterocycles. The predicted octanol–water partition coefficient (Wildman–Crippen LogP) is 5.21. The zero-order chi connectivity index (χ0) is 49.1. The number of sulfonamides is 1. The van der Waals surface area contributed by atoms with Crippen molar-refractivity contribution in [3.05, 3.63) is 173 Å². The molecule has 1 aliphatic rings. The van der Waals surface area contributed by atoms with Crippen molar-refractivity contribution >= 4 is 45.2 Å². The molecule has 2 amide bonds. The first-order valence-electron chi connectivity index (χ1n) is 22.7. The first-order valence-corrected chi connectivity index (χ1v) is 24.2. The number of Topliss-reactive ketones (excluding diaryl/α,β-unsaturated/α-hetero) is 1. The molecular weight excluding hydrogens is 897 g/mol. The van der Waals surface area contributed by atoms with E-state index in [1.165, 1.54) is 0 Å². The van der Waals surface area contributed by atoms with E-state index < -0.39 is 46.1 Å². The highest BCUT2D eigenvalue weighted by atomic mass is 32.2. The molecule has 5 aromatic carbocycles. The summed E-state index contributed by atoms with van der Waals surface area (Å²) in [5.41, 5.74) is 10.3. The van der Waals surface area contributed by atoms with Crippen molar-refractivity contribution in [2.75, 3.05) is 50.6 Å². The summed E-state index contributed by atoms with van der Waals surface area (Å²) in [7, 11) is -1.52. The molecule has 69 heavy (non-hydrogen) atoms. The van der Waals surface area contributed by atoms with Crippen molar-refractivity contribution in [2.24, 2.45) is 5.73 Å². The molecular formula is C52H58N8O8S. The Morgan fingerprint density at radius 1 is 0.870 bits per heavy atom. The Bertz CT molecular complexity index is 2760. The quantitative estimate of drug-likeness (QED) is 0.0357. The minimum atomic E-state index is -4.35. The molecule has 0 radical (unpaired) electrons. The number of aromatic nitrogens is 2. The number of esters is 1. The zero-order valence-corrected chi connectivity index (χ0v) is 39.9. The first-order chi connectivity index (χ1) is 33.3. The molecule has 0 aliphatic carbocycles. The van der Waals surface area contributed by atoms with Crippen LogP contribution >= 0.6 is 0 Å². The van der Waals surface area contributed by atoms with Crippen LogP contribution < -0.4 is 36.0 Å². The number of nitrogens with one attached hydrogen (secondary N) is 4. The van der Waals surface area contributed by atoms with Gasteiger partial charge in [0.25, 0.3) is 0 Å². The number of benzene rings is 5. The second kappa shape index (κ2) is 22.2. The topological polar surface area (TPSA) is 216 Å². The minimum Gasteiger partial charge on any atom is -0.494 e. The molecule has 6 aromatic rings. The van der Waals surface area contributed by atoms with Gasteiger partial charge in [0.1, 0.15) is 23.4 Å². The molecule has 1 aliphatic heterocycles. The maximum atomic E-state index is 13.9. The molecule has 1 unspecified atom stereocenters. The smallest absolute Gasteiger partial charge is 0.325 e. The number of nitrogens with zero attached hydrogens (tertiary/aromatic N) is 3. The Morgan fingerprint density at radius 3 is 2.06 bits per heavy atom. The van der Waals surface area contributed by atoms with Gasteiger partial charge >= 0.3 is 5.97 Å². The van der Waals surface area contributed by atoms with Crippen LogP contribution in [0.15, 0.2) is 139 Å². The second-order valence-electron chi connectivity index (χ2n) is 16.8. The normalized spacial score (nSPS) is 14.1. The van der Waals surface area contributed by atoms with Gasteiger partial charge in [-0.15, -0.1) is 0 Å². The van der Waals surface area contributed by atoms with Gasteiger partial charge < -0.3 is 36.1 Å². The second-order valence-corrected chi connectivity index (χ2v) is 18.5. The molecule has 6 N–H and O–H groups in total. The van der Waals surface area contributed by atoms with Gasteiger partial charge in [-0.05, 0) is 77.9 Å². The highest BCUT2D eigenvalue weighted by Gasteiger charge is 2.40.